The molecule has 29 heavy (non-hydrogen) atoms. The van der Waals surface area contributed by atoms with Gasteiger partial charge in [0.2, 0.25) is 5.91 Å². The Kier molecular flexibility index (Phi) is 6.20. The Balaban J connectivity index is 1.90. The highest BCUT2D eigenvalue weighted by Gasteiger charge is 2.22. The number of carbonyl (C=O) groups excluding carboxylic acids is 2. The molecular weight excluding hydrogens is 396 g/mol. The number of amides is 1. The van der Waals surface area contributed by atoms with E-state index in [1.54, 1.807) is 36.6 Å². The highest BCUT2D eigenvalue weighted by Crippen LogP contribution is 2.36. The number of anilines is 1. The summed E-state index contributed by atoms with van der Waals surface area (Å²) in [7, 11) is 0. The Morgan fingerprint density at radius 1 is 1.28 bits per heavy atom. The topological polar surface area (TPSA) is 112 Å². The second kappa shape index (κ2) is 8.98. The van der Waals surface area contributed by atoms with Crippen LogP contribution >= 0.6 is 11.3 Å². The second-order valence-electron chi connectivity index (χ2n) is 5.72. The van der Waals surface area contributed by atoms with Crippen molar-refractivity contribution >= 4 is 40.0 Å². The summed E-state index contributed by atoms with van der Waals surface area (Å²) in [5.41, 5.74) is 1.26. The van der Waals surface area contributed by atoms with E-state index in [0.717, 1.165) is 11.3 Å². The lowest BCUT2D eigenvalue weighted by Gasteiger charge is -2.08. The molecule has 3 rings (SSSR count). The SMILES string of the molecule is CCOC(=O)c1c(-c2ccc([N+](=O)[O-])cc2)csc1NC(=O)/C=C/c1ccco1. The van der Waals surface area contributed by atoms with Crippen LogP contribution in [-0.4, -0.2) is 23.4 Å². The van der Waals surface area contributed by atoms with Gasteiger partial charge in [-0.2, -0.15) is 0 Å². The minimum atomic E-state index is -0.590. The van der Waals surface area contributed by atoms with E-state index in [9.17, 15) is 19.7 Å². The van der Waals surface area contributed by atoms with Gasteiger partial charge in [-0.1, -0.05) is 0 Å². The predicted molar refractivity (Wildman–Crippen MR) is 109 cm³/mol. The van der Waals surface area contributed by atoms with Crippen molar-refractivity contribution in [3.05, 3.63) is 75.6 Å². The third-order valence-electron chi connectivity index (χ3n) is 3.84. The molecule has 1 amide bonds. The first-order valence-corrected chi connectivity index (χ1v) is 9.43. The second-order valence-corrected chi connectivity index (χ2v) is 6.60. The number of hydrogen-bond acceptors (Lipinski definition) is 7. The van der Waals surface area contributed by atoms with Crippen molar-refractivity contribution in [2.75, 3.05) is 11.9 Å². The first-order valence-electron chi connectivity index (χ1n) is 8.55. The standard InChI is InChI=1S/C20H16N2O6S/c1-2-27-20(24)18-16(13-5-7-14(8-6-13)22(25)26)12-29-19(18)21-17(23)10-9-15-4-3-11-28-15/h3-12H,2H2,1H3,(H,21,23)/b10-9+. The van der Waals surface area contributed by atoms with Crippen molar-refractivity contribution in [2.24, 2.45) is 0 Å². The molecule has 0 radical (unpaired) electrons. The molecule has 0 aliphatic carbocycles. The van der Waals surface area contributed by atoms with Crippen LogP contribution in [0.5, 0.6) is 0 Å². The summed E-state index contributed by atoms with van der Waals surface area (Å²) in [5.74, 6) is -0.514. The van der Waals surface area contributed by atoms with Gasteiger partial charge in [-0.25, -0.2) is 4.79 Å². The van der Waals surface area contributed by atoms with Gasteiger partial charge in [0.15, 0.2) is 0 Å². The fourth-order valence-electron chi connectivity index (χ4n) is 2.53. The summed E-state index contributed by atoms with van der Waals surface area (Å²) in [6.45, 7) is 1.85. The number of benzene rings is 1. The van der Waals surface area contributed by atoms with Crippen LogP contribution in [0.15, 0.2) is 58.5 Å². The van der Waals surface area contributed by atoms with Gasteiger partial charge < -0.3 is 14.5 Å². The van der Waals surface area contributed by atoms with Crippen molar-refractivity contribution < 1.29 is 23.7 Å². The van der Waals surface area contributed by atoms with E-state index >= 15 is 0 Å². The molecule has 0 saturated carbocycles. The molecule has 1 aromatic carbocycles. The van der Waals surface area contributed by atoms with Crippen molar-refractivity contribution in [3.8, 4) is 11.1 Å². The van der Waals surface area contributed by atoms with Crippen LogP contribution in [0.3, 0.4) is 0 Å². The maximum Gasteiger partial charge on any atom is 0.341 e. The molecular formula is C20H16N2O6S. The van der Waals surface area contributed by atoms with E-state index in [0.29, 0.717) is 21.9 Å². The number of hydrogen-bond donors (Lipinski definition) is 1. The molecule has 148 valence electrons. The smallest absolute Gasteiger partial charge is 0.341 e. The number of rotatable bonds is 7. The molecule has 0 atom stereocenters. The van der Waals surface area contributed by atoms with Crippen LogP contribution < -0.4 is 5.32 Å². The number of nitro benzene ring substituents is 1. The number of nitrogens with one attached hydrogen (secondary N) is 1. The van der Waals surface area contributed by atoms with E-state index in [2.05, 4.69) is 5.32 Å². The number of thiophene rings is 1. The Bertz CT molecular complexity index is 1050. The van der Waals surface area contributed by atoms with E-state index in [1.165, 1.54) is 30.5 Å². The van der Waals surface area contributed by atoms with Gasteiger partial charge in [0.1, 0.15) is 16.3 Å². The largest absolute Gasteiger partial charge is 0.465 e. The number of furan rings is 1. The Morgan fingerprint density at radius 2 is 2.03 bits per heavy atom. The molecule has 2 heterocycles. The molecule has 0 unspecified atom stereocenters. The third-order valence-corrected chi connectivity index (χ3v) is 4.73. The summed E-state index contributed by atoms with van der Waals surface area (Å²) in [5, 5.41) is 15.5. The van der Waals surface area contributed by atoms with Gasteiger partial charge in [0.05, 0.1) is 17.8 Å². The predicted octanol–water partition coefficient (Wildman–Crippen LogP) is 4.74. The van der Waals surface area contributed by atoms with Crippen LogP contribution in [0, 0.1) is 10.1 Å². The Hall–Kier alpha value is -3.72. The van der Waals surface area contributed by atoms with Crippen molar-refractivity contribution in [3.63, 3.8) is 0 Å². The maximum absolute atomic E-state index is 12.5. The minimum absolute atomic E-state index is 0.0572. The van der Waals surface area contributed by atoms with E-state index in [4.69, 9.17) is 9.15 Å². The molecule has 1 N–H and O–H groups in total. The van der Waals surface area contributed by atoms with Gasteiger partial charge in [0, 0.05) is 29.2 Å². The first kappa shape index (κ1) is 20.0. The zero-order valence-electron chi connectivity index (χ0n) is 15.3. The van der Waals surface area contributed by atoms with Crippen LogP contribution in [0.1, 0.15) is 23.0 Å². The van der Waals surface area contributed by atoms with Crippen molar-refractivity contribution in [2.45, 2.75) is 6.92 Å². The molecule has 8 nitrogen and oxygen atoms in total. The highest BCUT2D eigenvalue weighted by atomic mass is 32.1. The van der Waals surface area contributed by atoms with Gasteiger partial charge in [-0.3, -0.25) is 14.9 Å². The van der Waals surface area contributed by atoms with E-state index < -0.39 is 16.8 Å². The number of esters is 1. The van der Waals surface area contributed by atoms with Crippen LogP contribution in [0.25, 0.3) is 17.2 Å². The summed E-state index contributed by atoms with van der Waals surface area (Å²) in [6, 6.07) is 9.20. The molecule has 0 saturated heterocycles. The summed E-state index contributed by atoms with van der Waals surface area (Å²) in [6.07, 6.45) is 4.29. The van der Waals surface area contributed by atoms with E-state index in [-0.39, 0.29) is 17.9 Å². The summed E-state index contributed by atoms with van der Waals surface area (Å²) in [4.78, 5) is 35.1. The lowest BCUT2D eigenvalue weighted by Crippen LogP contribution is -2.12. The fourth-order valence-corrected chi connectivity index (χ4v) is 3.49. The van der Waals surface area contributed by atoms with Gasteiger partial charge in [-0.15, -0.1) is 11.3 Å². The fraction of sp³-hybridized carbons (Fsp3) is 0.100. The molecule has 0 fully saturated rings. The number of nitrogens with zero attached hydrogens (tertiary/aromatic N) is 1. The van der Waals surface area contributed by atoms with E-state index in [1.807, 2.05) is 0 Å². The maximum atomic E-state index is 12.5. The van der Waals surface area contributed by atoms with Gasteiger partial charge in [-0.05, 0) is 42.8 Å². The zero-order chi connectivity index (χ0) is 20.8. The number of carbonyl (C=O) groups is 2. The molecule has 9 heteroatoms. The average molecular weight is 412 g/mol. The lowest BCUT2D eigenvalue weighted by atomic mass is 10.0. The molecule has 0 spiro atoms. The highest BCUT2D eigenvalue weighted by molar-refractivity contribution is 7.15. The first-order chi connectivity index (χ1) is 14.0. The Morgan fingerprint density at radius 3 is 2.66 bits per heavy atom. The van der Waals surface area contributed by atoms with Crippen LogP contribution in [-0.2, 0) is 9.53 Å². The van der Waals surface area contributed by atoms with Gasteiger partial charge in [0.25, 0.3) is 5.69 Å². The number of non-ortho nitro benzene ring substituents is 1. The molecule has 0 aliphatic rings. The number of nitro groups is 1. The zero-order valence-corrected chi connectivity index (χ0v) is 16.1. The third kappa shape index (κ3) is 4.77. The minimum Gasteiger partial charge on any atom is -0.465 e. The molecule has 2 aromatic heterocycles. The van der Waals surface area contributed by atoms with Crippen LogP contribution in [0.2, 0.25) is 0 Å². The molecule has 0 bridgehead atoms. The monoisotopic (exact) mass is 412 g/mol. The summed E-state index contributed by atoms with van der Waals surface area (Å²) < 4.78 is 10.3. The molecule has 0 aliphatic heterocycles. The van der Waals surface area contributed by atoms with Crippen molar-refractivity contribution in [1.29, 1.82) is 0 Å². The van der Waals surface area contributed by atoms with Crippen LogP contribution in [0.4, 0.5) is 10.7 Å². The molecule has 3 aromatic rings. The van der Waals surface area contributed by atoms with Gasteiger partial charge >= 0.3 is 5.97 Å². The average Bonchev–Trinajstić information content (AvgIpc) is 3.36. The van der Waals surface area contributed by atoms with Crippen molar-refractivity contribution in [1.82, 2.24) is 0 Å². The normalized spacial score (nSPS) is 10.8. The number of ether oxygens (including phenoxy) is 1. The Labute approximate surface area is 169 Å². The quantitative estimate of drug-likeness (QED) is 0.259. The summed E-state index contributed by atoms with van der Waals surface area (Å²) >= 11 is 1.16. The lowest BCUT2D eigenvalue weighted by molar-refractivity contribution is -0.384.